The van der Waals surface area contributed by atoms with Crippen LogP contribution >= 0.6 is 0 Å². The number of halogens is 1. The van der Waals surface area contributed by atoms with Gasteiger partial charge in [-0.1, -0.05) is 6.07 Å². The largest absolute Gasteiger partial charge is 0.494 e. The Kier molecular flexibility index (Phi) is 4.49. The van der Waals surface area contributed by atoms with Crippen LogP contribution in [0.5, 0.6) is 5.75 Å². The van der Waals surface area contributed by atoms with E-state index >= 15 is 0 Å². The van der Waals surface area contributed by atoms with Crippen molar-refractivity contribution in [2.75, 3.05) is 18.6 Å². The lowest BCUT2D eigenvalue weighted by atomic mass is 10.0. The number of carbonyl (C=O) groups is 1. The SMILES string of the molecule is COc1ccc(C2CCCN2c2ccc(C(=O)NC3CC3)cn2)cc1F. The Balaban J connectivity index is 1.52. The van der Waals surface area contributed by atoms with E-state index in [9.17, 15) is 9.18 Å². The maximum absolute atomic E-state index is 14.1. The van der Waals surface area contributed by atoms with Gasteiger partial charge in [0.1, 0.15) is 5.82 Å². The average Bonchev–Trinajstić information content (AvgIpc) is 3.33. The smallest absolute Gasteiger partial charge is 0.253 e. The van der Waals surface area contributed by atoms with Gasteiger partial charge in [0.2, 0.25) is 0 Å². The van der Waals surface area contributed by atoms with Crippen LogP contribution in [0.3, 0.4) is 0 Å². The first-order valence-electron chi connectivity index (χ1n) is 9.02. The molecule has 2 heterocycles. The van der Waals surface area contributed by atoms with Crippen LogP contribution < -0.4 is 15.0 Å². The Morgan fingerprint density at radius 2 is 2.12 bits per heavy atom. The molecule has 136 valence electrons. The van der Waals surface area contributed by atoms with Gasteiger partial charge in [-0.15, -0.1) is 0 Å². The highest BCUT2D eigenvalue weighted by Gasteiger charge is 2.28. The summed E-state index contributed by atoms with van der Waals surface area (Å²) in [4.78, 5) is 18.8. The van der Waals surface area contributed by atoms with Crippen molar-refractivity contribution < 1.29 is 13.9 Å². The van der Waals surface area contributed by atoms with Crippen molar-refractivity contribution in [3.63, 3.8) is 0 Å². The molecule has 4 rings (SSSR count). The fourth-order valence-corrected chi connectivity index (χ4v) is 3.46. The Labute approximate surface area is 152 Å². The summed E-state index contributed by atoms with van der Waals surface area (Å²) in [6, 6.07) is 9.20. The number of pyridine rings is 1. The number of carbonyl (C=O) groups excluding carboxylic acids is 1. The lowest BCUT2D eigenvalue weighted by Gasteiger charge is -2.26. The highest BCUT2D eigenvalue weighted by molar-refractivity contribution is 5.94. The predicted octanol–water partition coefficient (Wildman–Crippen LogP) is 3.46. The molecule has 1 aliphatic carbocycles. The average molecular weight is 355 g/mol. The Hall–Kier alpha value is -2.63. The standard InChI is InChI=1S/C20H22FN3O2/c1-26-18-8-4-13(11-16(18)21)17-3-2-10-24(17)19-9-5-14(12-22-19)20(25)23-15-6-7-15/h4-5,8-9,11-12,15,17H,2-3,6-7,10H2,1H3,(H,23,25). The van der Waals surface area contributed by atoms with Gasteiger partial charge in [0.25, 0.3) is 5.91 Å². The van der Waals surface area contributed by atoms with Crippen LogP contribution in [0.2, 0.25) is 0 Å². The van der Waals surface area contributed by atoms with Crippen LogP contribution in [0, 0.1) is 5.82 Å². The third kappa shape index (κ3) is 3.36. The quantitative estimate of drug-likeness (QED) is 0.892. The van der Waals surface area contributed by atoms with E-state index in [-0.39, 0.29) is 23.5 Å². The highest BCUT2D eigenvalue weighted by Crippen LogP contribution is 2.36. The molecule has 6 heteroatoms. The molecule has 5 nitrogen and oxygen atoms in total. The Morgan fingerprint density at radius 1 is 1.27 bits per heavy atom. The summed E-state index contributed by atoms with van der Waals surface area (Å²) in [5, 5.41) is 2.96. The Bertz CT molecular complexity index is 805. The maximum atomic E-state index is 14.1. The molecule has 2 fully saturated rings. The minimum Gasteiger partial charge on any atom is -0.494 e. The van der Waals surface area contributed by atoms with Crippen molar-refractivity contribution in [3.05, 3.63) is 53.5 Å². The Morgan fingerprint density at radius 3 is 2.77 bits per heavy atom. The molecular formula is C20H22FN3O2. The number of ether oxygens (including phenoxy) is 1. The first kappa shape index (κ1) is 16.8. The van der Waals surface area contributed by atoms with E-state index in [1.165, 1.54) is 7.11 Å². The van der Waals surface area contributed by atoms with Gasteiger partial charge < -0.3 is 15.0 Å². The van der Waals surface area contributed by atoms with Crippen LogP contribution in [0.4, 0.5) is 10.2 Å². The molecule has 1 unspecified atom stereocenters. The summed E-state index contributed by atoms with van der Waals surface area (Å²) < 4.78 is 19.1. The van der Waals surface area contributed by atoms with Gasteiger partial charge in [-0.05, 0) is 55.5 Å². The molecule has 1 atom stereocenters. The van der Waals surface area contributed by atoms with Gasteiger partial charge in [0.15, 0.2) is 11.6 Å². The summed E-state index contributed by atoms with van der Waals surface area (Å²) in [5.41, 5.74) is 1.49. The molecule has 0 bridgehead atoms. The first-order chi connectivity index (χ1) is 12.7. The number of methoxy groups -OCH3 is 1. The van der Waals surface area contributed by atoms with Crippen LogP contribution in [0.25, 0.3) is 0 Å². The van der Waals surface area contributed by atoms with Gasteiger partial charge in [0, 0.05) is 18.8 Å². The normalized spacial score (nSPS) is 19.5. The second-order valence-electron chi connectivity index (χ2n) is 6.90. The fraction of sp³-hybridized carbons (Fsp3) is 0.400. The fourth-order valence-electron chi connectivity index (χ4n) is 3.46. The molecule has 2 aliphatic rings. The topological polar surface area (TPSA) is 54.5 Å². The summed E-state index contributed by atoms with van der Waals surface area (Å²) >= 11 is 0. The van der Waals surface area contributed by atoms with Gasteiger partial charge in [0.05, 0.1) is 18.7 Å². The number of rotatable bonds is 5. The molecule has 26 heavy (non-hydrogen) atoms. The van der Waals surface area contributed by atoms with Gasteiger partial charge in [-0.25, -0.2) is 9.37 Å². The molecule has 1 N–H and O–H groups in total. The van der Waals surface area contributed by atoms with E-state index in [0.29, 0.717) is 11.6 Å². The lowest BCUT2D eigenvalue weighted by molar-refractivity contribution is 0.0950. The summed E-state index contributed by atoms with van der Waals surface area (Å²) in [6.07, 6.45) is 5.70. The van der Waals surface area contributed by atoms with E-state index in [0.717, 1.165) is 43.6 Å². The van der Waals surface area contributed by atoms with E-state index in [1.54, 1.807) is 18.3 Å². The molecule has 1 aromatic carbocycles. The van der Waals surface area contributed by atoms with E-state index < -0.39 is 0 Å². The van der Waals surface area contributed by atoms with Crippen molar-refractivity contribution in [2.45, 2.75) is 37.8 Å². The van der Waals surface area contributed by atoms with Gasteiger partial charge in [-0.2, -0.15) is 0 Å². The molecule has 0 spiro atoms. The number of amides is 1. The zero-order valence-corrected chi connectivity index (χ0v) is 14.7. The van der Waals surface area contributed by atoms with Crippen molar-refractivity contribution >= 4 is 11.7 Å². The molecule has 0 radical (unpaired) electrons. The van der Waals surface area contributed by atoms with Crippen LogP contribution in [0.15, 0.2) is 36.5 Å². The summed E-state index contributed by atoms with van der Waals surface area (Å²) in [7, 11) is 1.46. The number of nitrogens with zero attached hydrogens (tertiary/aromatic N) is 2. The van der Waals surface area contributed by atoms with E-state index in [4.69, 9.17) is 4.74 Å². The minimum absolute atomic E-state index is 0.0678. The molecule has 1 aromatic heterocycles. The maximum Gasteiger partial charge on any atom is 0.253 e. The van der Waals surface area contributed by atoms with Crippen molar-refractivity contribution in [2.24, 2.45) is 0 Å². The van der Waals surface area contributed by atoms with E-state index in [2.05, 4.69) is 15.2 Å². The summed E-state index contributed by atoms with van der Waals surface area (Å²) in [5.74, 6) is 0.646. The number of hydrogen-bond donors (Lipinski definition) is 1. The van der Waals surface area contributed by atoms with E-state index in [1.807, 2.05) is 18.2 Å². The molecule has 1 aliphatic heterocycles. The van der Waals surface area contributed by atoms with Gasteiger partial charge in [-0.3, -0.25) is 4.79 Å². The summed E-state index contributed by atoms with van der Waals surface area (Å²) in [6.45, 7) is 0.860. The van der Waals surface area contributed by atoms with Gasteiger partial charge >= 0.3 is 0 Å². The molecule has 2 aromatic rings. The first-order valence-corrected chi connectivity index (χ1v) is 9.02. The number of hydrogen-bond acceptors (Lipinski definition) is 4. The van der Waals surface area contributed by atoms with Crippen molar-refractivity contribution in [1.82, 2.24) is 10.3 Å². The van der Waals surface area contributed by atoms with Crippen molar-refractivity contribution in [1.29, 1.82) is 0 Å². The number of aromatic nitrogens is 1. The lowest BCUT2D eigenvalue weighted by Crippen LogP contribution is -2.26. The highest BCUT2D eigenvalue weighted by atomic mass is 19.1. The monoisotopic (exact) mass is 355 g/mol. The second-order valence-corrected chi connectivity index (χ2v) is 6.90. The zero-order chi connectivity index (χ0) is 18.1. The van der Waals surface area contributed by atoms with Crippen LogP contribution in [0.1, 0.15) is 47.6 Å². The third-order valence-corrected chi connectivity index (χ3v) is 5.03. The molecule has 1 saturated heterocycles. The number of anilines is 1. The van der Waals surface area contributed by atoms with Crippen LogP contribution in [-0.2, 0) is 0 Å². The predicted molar refractivity (Wildman–Crippen MR) is 97.0 cm³/mol. The third-order valence-electron chi connectivity index (χ3n) is 5.03. The van der Waals surface area contributed by atoms with Crippen LogP contribution in [-0.4, -0.2) is 30.6 Å². The number of benzene rings is 1. The number of nitrogens with one attached hydrogen (secondary N) is 1. The molecule has 1 amide bonds. The molecular weight excluding hydrogens is 333 g/mol. The second kappa shape index (κ2) is 6.94. The molecule has 1 saturated carbocycles. The minimum atomic E-state index is -0.350. The van der Waals surface area contributed by atoms with Crippen molar-refractivity contribution in [3.8, 4) is 5.75 Å². The zero-order valence-electron chi connectivity index (χ0n) is 14.7.